The summed E-state index contributed by atoms with van der Waals surface area (Å²) in [7, 11) is 0. The molecule has 8 nitrogen and oxygen atoms in total. The average Bonchev–Trinajstić information content (AvgIpc) is 2.89. The van der Waals surface area contributed by atoms with Crippen molar-refractivity contribution in [1.82, 2.24) is 15.3 Å². The topological polar surface area (TPSA) is 122 Å². The summed E-state index contributed by atoms with van der Waals surface area (Å²) in [5.41, 5.74) is 10.2. The Labute approximate surface area is 199 Å². The summed E-state index contributed by atoms with van der Waals surface area (Å²) in [6.07, 6.45) is 1.87. The summed E-state index contributed by atoms with van der Waals surface area (Å²) < 4.78 is 5.50. The molecule has 1 aliphatic heterocycles. The van der Waals surface area contributed by atoms with Gasteiger partial charge in [-0.2, -0.15) is 0 Å². The van der Waals surface area contributed by atoms with Gasteiger partial charge in [0.15, 0.2) is 5.82 Å². The molecule has 2 aromatic carbocycles. The van der Waals surface area contributed by atoms with E-state index in [9.17, 15) is 4.79 Å². The molecule has 3 aromatic rings. The van der Waals surface area contributed by atoms with Gasteiger partial charge in [-0.25, -0.2) is 9.97 Å². The minimum absolute atomic E-state index is 0.297. The smallest absolute Gasteiger partial charge is 0.239 e. The number of ether oxygens (including phenoxy) is 1. The number of hydrogen-bond acceptors (Lipinski definition) is 7. The lowest BCUT2D eigenvalue weighted by Crippen LogP contribution is -2.42. The van der Waals surface area contributed by atoms with Crippen LogP contribution in [0.3, 0.4) is 0 Å². The Kier molecular flexibility index (Phi) is 7.84. The van der Waals surface area contributed by atoms with E-state index in [0.29, 0.717) is 18.4 Å². The quantitative estimate of drug-likeness (QED) is 0.407. The maximum Gasteiger partial charge on any atom is 0.239 e. The summed E-state index contributed by atoms with van der Waals surface area (Å²) in [5.74, 6) is 1.04. The second kappa shape index (κ2) is 11.2. The Hall–Kier alpha value is -3.33. The molecule has 1 atom stereocenters. The number of amides is 1. The van der Waals surface area contributed by atoms with Crippen LogP contribution in [0.5, 0.6) is 0 Å². The van der Waals surface area contributed by atoms with E-state index in [4.69, 9.17) is 25.5 Å². The number of aliphatic hydroxyl groups is 1. The first-order valence-corrected chi connectivity index (χ1v) is 11.6. The van der Waals surface area contributed by atoms with Crippen molar-refractivity contribution >= 4 is 11.7 Å². The molecule has 1 aliphatic rings. The van der Waals surface area contributed by atoms with Crippen LogP contribution in [0, 0.1) is 6.92 Å². The van der Waals surface area contributed by atoms with Crippen LogP contribution >= 0.6 is 0 Å². The summed E-state index contributed by atoms with van der Waals surface area (Å²) in [6.45, 7) is 3.44. The number of nitrogens with two attached hydrogens (primary N) is 1. The van der Waals surface area contributed by atoms with Crippen LogP contribution in [-0.4, -0.2) is 52.9 Å². The van der Waals surface area contributed by atoms with Crippen molar-refractivity contribution in [3.8, 4) is 22.6 Å². The fraction of sp³-hybridized carbons (Fsp3) is 0.346. The maximum atomic E-state index is 11.9. The zero-order valence-electron chi connectivity index (χ0n) is 19.3. The molecule has 0 radical (unpaired) electrons. The third-order valence-electron chi connectivity index (χ3n) is 5.94. The van der Waals surface area contributed by atoms with Gasteiger partial charge in [-0.15, -0.1) is 0 Å². The molecule has 34 heavy (non-hydrogen) atoms. The zero-order chi connectivity index (χ0) is 23.9. The lowest BCUT2D eigenvalue weighted by Gasteiger charge is -2.25. The molecule has 0 spiro atoms. The monoisotopic (exact) mass is 461 g/mol. The van der Waals surface area contributed by atoms with E-state index in [1.54, 1.807) is 0 Å². The number of carbonyl (C=O) groups is 1. The van der Waals surface area contributed by atoms with Gasteiger partial charge >= 0.3 is 0 Å². The minimum atomic E-state index is -0.934. The average molecular weight is 462 g/mol. The summed E-state index contributed by atoms with van der Waals surface area (Å²) in [5, 5.41) is 15.4. The Morgan fingerprint density at radius 1 is 1.12 bits per heavy atom. The molecule has 0 saturated carbocycles. The fourth-order valence-electron chi connectivity index (χ4n) is 3.92. The lowest BCUT2D eigenvalue weighted by atomic mass is 10.0. The van der Waals surface area contributed by atoms with E-state index in [1.165, 1.54) is 0 Å². The molecule has 1 saturated heterocycles. The van der Waals surface area contributed by atoms with Gasteiger partial charge in [-0.1, -0.05) is 48.5 Å². The van der Waals surface area contributed by atoms with Crippen molar-refractivity contribution in [3.63, 3.8) is 0 Å². The van der Waals surface area contributed by atoms with Crippen LogP contribution in [0.25, 0.3) is 22.6 Å². The third-order valence-corrected chi connectivity index (χ3v) is 5.94. The minimum Gasteiger partial charge on any atom is -0.394 e. The number of hydrogen-bond donors (Lipinski definition) is 4. The van der Waals surface area contributed by atoms with Crippen molar-refractivity contribution in [1.29, 1.82) is 0 Å². The highest BCUT2D eigenvalue weighted by molar-refractivity contribution is 5.81. The van der Waals surface area contributed by atoms with Crippen LogP contribution < -0.4 is 16.4 Å². The number of nitrogens with zero attached hydrogens (tertiary/aromatic N) is 2. The first-order valence-electron chi connectivity index (χ1n) is 11.6. The molecule has 0 bridgehead atoms. The Morgan fingerprint density at radius 3 is 2.59 bits per heavy atom. The molecule has 5 N–H and O–H groups in total. The van der Waals surface area contributed by atoms with Crippen molar-refractivity contribution in [2.75, 3.05) is 25.1 Å². The summed E-state index contributed by atoms with van der Waals surface area (Å²) in [4.78, 5) is 21.8. The van der Waals surface area contributed by atoms with E-state index in [0.717, 1.165) is 59.8 Å². The van der Waals surface area contributed by atoms with Crippen LogP contribution in [-0.2, 0) is 16.1 Å². The van der Waals surface area contributed by atoms with E-state index in [1.807, 2.05) is 61.5 Å². The van der Waals surface area contributed by atoms with Gasteiger partial charge in [0.05, 0.1) is 12.3 Å². The Morgan fingerprint density at radius 2 is 1.85 bits per heavy atom. The van der Waals surface area contributed by atoms with E-state index >= 15 is 0 Å². The van der Waals surface area contributed by atoms with Crippen molar-refractivity contribution in [2.45, 2.75) is 38.4 Å². The second-order valence-corrected chi connectivity index (χ2v) is 8.47. The molecule has 0 unspecified atom stereocenters. The largest absolute Gasteiger partial charge is 0.394 e. The van der Waals surface area contributed by atoms with E-state index in [-0.39, 0.29) is 0 Å². The van der Waals surface area contributed by atoms with Gasteiger partial charge in [-0.05, 0) is 31.4 Å². The predicted octanol–water partition coefficient (Wildman–Crippen LogP) is 2.65. The standard InChI is InChI=1S/C26H31N5O3/c1-17-23(19-7-3-2-4-8-19)30-25(31-24(17)29-21-10-12-34-13-11-21)20-9-5-6-18(14-20)15-28-26(33)22(27)16-32/h2-9,14,21-22,32H,10-13,15-16,27H2,1H3,(H,28,33)(H,29,30,31)/t22-/m0/s1. The number of aliphatic hydroxyl groups excluding tert-OH is 1. The van der Waals surface area contributed by atoms with Gasteiger partial charge in [0.1, 0.15) is 11.9 Å². The Balaban J connectivity index is 1.66. The molecule has 178 valence electrons. The normalized spacial score (nSPS) is 15.0. The number of nitrogens with one attached hydrogen (secondary N) is 2. The highest BCUT2D eigenvalue weighted by atomic mass is 16.5. The van der Waals surface area contributed by atoms with Crippen LogP contribution in [0.4, 0.5) is 5.82 Å². The molecule has 1 aromatic heterocycles. The molecule has 8 heteroatoms. The zero-order valence-corrected chi connectivity index (χ0v) is 19.3. The lowest BCUT2D eigenvalue weighted by molar-refractivity contribution is -0.123. The molecule has 1 fully saturated rings. The summed E-state index contributed by atoms with van der Waals surface area (Å²) >= 11 is 0. The fourth-order valence-corrected chi connectivity index (χ4v) is 3.92. The molecular formula is C26H31N5O3. The molecule has 0 aliphatic carbocycles. The van der Waals surface area contributed by atoms with E-state index < -0.39 is 18.6 Å². The van der Waals surface area contributed by atoms with Gasteiger partial charge in [0.25, 0.3) is 0 Å². The van der Waals surface area contributed by atoms with E-state index in [2.05, 4.69) is 10.6 Å². The first kappa shape index (κ1) is 23.8. The van der Waals surface area contributed by atoms with Gasteiger partial charge in [0.2, 0.25) is 5.91 Å². The van der Waals surface area contributed by atoms with Crippen LogP contribution in [0.1, 0.15) is 24.0 Å². The first-order chi connectivity index (χ1) is 16.5. The third kappa shape index (κ3) is 5.77. The molecule has 1 amide bonds. The predicted molar refractivity (Wildman–Crippen MR) is 132 cm³/mol. The number of carbonyl (C=O) groups excluding carboxylic acids is 1. The van der Waals surface area contributed by atoms with Crippen LogP contribution in [0.2, 0.25) is 0 Å². The molecular weight excluding hydrogens is 430 g/mol. The second-order valence-electron chi connectivity index (χ2n) is 8.47. The van der Waals surface area contributed by atoms with Gasteiger partial charge in [0, 0.05) is 42.5 Å². The number of rotatable bonds is 8. The SMILES string of the molecule is Cc1c(NC2CCOCC2)nc(-c2cccc(CNC(=O)[C@@H](N)CO)c2)nc1-c1ccccc1. The van der Waals surface area contributed by atoms with Crippen molar-refractivity contribution in [3.05, 3.63) is 65.7 Å². The number of anilines is 1. The molecule has 2 heterocycles. The highest BCUT2D eigenvalue weighted by Crippen LogP contribution is 2.30. The van der Waals surface area contributed by atoms with Gasteiger partial charge in [-0.3, -0.25) is 4.79 Å². The highest BCUT2D eigenvalue weighted by Gasteiger charge is 2.19. The maximum absolute atomic E-state index is 11.9. The number of benzene rings is 2. The molecule has 4 rings (SSSR count). The van der Waals surface area contributed by atoms with Crippen molar-refractivity contribution in [2.24, 2.45) is 5.73 Å². The Bertz CT molecular complexity index is 1120. The van der Waals surface area contributed by atoms with Crippen LogP contribution in [0.15, 0.2) is 54.6 Å². The number of aromatic nitrogens is 2. The van der Waals surface area contributed by atoms with Crippen molar-refractivity contribution < 1.29 is 14.6 Å². The summed E-state index contributed by atoms with van der Waals surface area (Å²) in [6, 6.07) is 17.2. The van der Waals surface area contributed by atoms with Gasteiger partial charge < -0.3 is 26.2 Å².